The number of rotatable bonds is 5. The molecule has 0 spiro atoms. The lowest BCUT2D eigenvalue weighted by Crippen LogP contribution is -2.52. The smallest absolute Gasteiger partial charge is 0.256 e. The molecule has 0 bridgehead atoms. The Morgan fingerprint density at radius 1 is 0.810 bits per heavy atom. The van der Waals surface area contributed by atoms with Gasteiger partial charge in [-0.25, -0.2) is 13.2 Å². The number of hydrogen-bond acceptors (Lipinski definition) is 5. The van der Waals surface area contributed by atoms with E-state index in [4.69, 9.17) is 0 Å². The molecule has 42 heavy (non-hydrogen) atoms. The lowest BCUT2D eigenvalue weighted by molar-refractivity contribution is -0.136. The van der Waals surface area contributed by atoms with Crippen molar-refractivity contribution in [2.45, 2.75) is 31.5 Å². The quantitative estimate of drug-likeness (QED) is 0.471. The van der Waals surface area contributed by atoms with Gasteiger partial charge in [0.1, 0.15) is 23.5 Å². The number of imide groups is 1. The van der Waals surface area contributed by atoms with Crippen LogP contribution in [0.3, 0.4) is 0 Å². The number of carbonyl (C=O) groups excluding carboxylic acids is 4. The number of nitrogens with zero attached hydrogens (tertiary/aromatic N) is 3. The molecule has 0 saturated carbocycles. The molecule has 0 aromatic heterocycles. The van der Waals surface area contributed by atoms with Gasteiger partial charge in [0.05, 0.1) is 18.2 Å². The number of benzene rings is 3. The number of hydrogen-bond donors (Lipinski definition) is 1. The second-order valence-electron chi connectivity index (χ2n) is 10.7. The first kappa shape index (κ1) is 27.6. The van der Waals surface area contributed by atoms with Gasteiger partial charge < -0.3 is 9.80 Å². The molecule has 3 aliphatic heterocycles. The van der Waals surface area contributed by atoms with Crippen molar-refractivity contribution in [3.63, 3.8) is 0 Å². The molecular weight excluding hydrogens is 549 g/mol. The summed E-state index contributed by atoms with van der Waals surface area (Å²) in [5, 5.41) is 2.21. The van der Waals surface area contributed by atoms with Crippen LogP contribution in [0.1, 0.15) is 56.3 Å². The Bertz CT molecular complexity index is 1520. The van der Waals surface area contributed by atoms with Crippen LogP contribution < -0.4 is 5.32 Å². The van der Waals surface area contributed by atoms with Crippen LogP contribution in [0.4, 0.5) is 13.2 Å². The maximum absolute atomic E-state index is 15.7. The van der Waals surface area contributed by atoms with E-state index >= 15 is 4.39 Å². The monoisotopic (exact) mass is 576 g/mol. The van der Waals surface area contributed by atoms with E-state index in [0.717, 1.165) is 11.1 Å². The number of halogens is 3. The standard InChI is InChI=1S/C31H27F3N4O4/c32-20-5-1-18(2-6-20)28(19-3-7-21(33)8-4-19)36-13-15-37(16-14-36)30(41)23-10-9-22-24(27(23)34)17-38(31(22)42)25-11-12-26(39)35-29(25)40/h1-10,25,28H,11-17H2,(H,35,39,40). The minimum absolute atomic E-state index is 0.0573. The molecule has 2 fully saturated rings. The Morgan fingerprint density at radius 3 is 1.98 bits per heavy atom. The van der Waals surface area contributed by atoms with Crippen molar-refractivity contribution in [3.8, 4) is 0 Å². The van der Waals surface area contributed by atoms with Gasteiger partial charge >= 0.3 is 0 Å². The van der Waals surface area contributed by atoms with Gasteiger partial charge in [0.2, 0.25) is 11.8 Å². The Kier molecular flexibility index (Phi) is 7.28. The minimum Gasteiger partial charge on any atom is -0.336 e. The Morgan fingerprint density at radius 2 is 1.40 bits per heavy atom. The highest BCUT2D eigenvalue weighted by Crippen LogP contribution is 2.33. The lowest BCUT2D eigenvalue weighted by Gasteiger charge is -2.40. The third kappa shape index (κ3) is 5.04. The number of piperidine rings is 1. The second-order valence-corrected chi connectivity index (χ2v) is 10.7. The van der Waals surface area contributed by atoms with Crippen LogP contribution in [0.5, 0.6) is 0 Å². The fourth-order valence-electron chi connectivity index (χ4n) is 6.03. The summed E-state index contributed by atoms with van der Waals surface area (Å²) in [7, 11) is 0. The van der Waals surface area contributed by atoms with Gasteiger partial charge in [0.15, 0.2) is 0 Å². The second kappa shape index (κ2) is 11.1. The van der Waals surface area contributed by atoms with E-state index in [1.807, 2.05) is 0 Å². The summed E-state index contributed by atoms with van der Waals surface area (Å²) in [6, 6.07) is 13.7. The van der Waals surface area contributed by atoms with Crippen LogP contribution in [0, 0.1) is 17.5 Å². The molecule has 1 unspecified atom stereocenters. The van der Waals surface area contributed by atoms with Crippen molar-refractivity contribution in [1.29, 1.82) is 0 Å². The molecule has 216 valence electrons. The fraction of sp³-hybridized carbons (Fsp3) is 0.290. The summed E-state index contributed by atoms with van der Waals surface area (Å²) in [6.45, 7) is 1.27. The zero-order chi connectivity index (χ0) is 29.5. The maximum Gasteiger partial charge on any atom is 0.256 e. The summed E-state index contributed by atoms with van der Waals surface area (Å²) >= 11 is 0. The van der Waals surface area contributed by atoms with E-state index in [1.165, 1.54) is 41.3 Å². The molecule has 4 amide bonds. The number of nitrogens with one attached hydrogen (secondary N) is 1. The third-order valence-corrected chi connectivity index (χ3v) is 8.22. The topological polar surface area (TPSA) is 90.0 Å². The zero-order valence-corrected chi connectivity index (χ0v) is 22.5. The molecule has 0 radical (unpaired) electrons. The zero-order valence-electron chi connectivity index (χ0n) is 22.5. The molecule has 1 N–H and O–H groups in total. The van der Waals surface area contributed by atoms with Crippen LogP contribution in [0.25, 0.3) is 0 Å². The van der Waals surface area contributed by atoms with Gasteiger partial charge in [-0.2, -0.15) is 0 Å². The molecular formula is C31H27F3N4O4. The van der Waals surface area contributed by atoms with Crippen LogP contribution in [-0.4, -0.2) is 70.5 Å². The SMILES string of the molecule is O=C1CCC(N2Cc3c(ccc(C(=O)N4CCN(C(c5ccc(F)cc5)c5ccc(F)cc5)CC4)c3F)C2=O)C(=O)N1. The number of amides is 4. The number of carbonyl (C=O) groups is 4. The first-order valence-electron chi connectivity index (χ1n) is 13.7. The summed E-state index contributed by atoms with van der Waals surface area (Å²) in [4.78, 5) is 55.2. The predicted molar refractivity (Wildman–Crippen MR) is 145 cm³/mol. The summed E-state index contributed by atoms with van der Waals surface area (Å²) in [5.74, 6) is -3.57. The van der Waals surface area contributed by atoms with E-state index in [1.54, 1.807) is 29.2 Å². The summed E-state index contributed by atoms with van der Waals surface area (Å²) in [6.07, 6.45) is 0.233. The Balaban J connectivity index is 1.18. The molecule has 11 heteroatoms. The summed E-state index contributed by atoms with van der Waals surface area (Å²) in [5.41, 5.74) is 1.63. The van der Waals surface area contributed by atoms with E-state index in [9.17, 15) is 28.0 Å². The average molecular weight is 577 g/mol. The van der Waals surface area contributed by atoms with Crippen molar-refractivity contribution < 1.29 is 32.3 Å². The molecule has 3 heterocycles. The van der Waals surface area contributed by atoms with Crippen molar-refractivity contribution in [1.82, 2.24) is 20.0 Å². The average Bonchev–Trinajstić information content (AvgIpc) is 3.32. The first-order valence-corrected chi connectivity index (χ1v) is 13.7. The van der Waals surface area contributed by atoms with E-state index in [2.05, 4.69) is 10.2 Å². The number of fused-ring (bicyclic) bond motifs is 1. The van der Waals surface area contributed by atoms with Crippen LogP contribution in [0.2, 0.25) is 0 Å². The van der Waals surface area contributed by atoms with Gasteiger partial charge in [0, 0.05) is 43.7 Å². The Hall–Kier alpha value is -4.51. The predicted octanol–water partition coefficient (Wildman–Crippen LogP) is 3.41. The van der Waals surface area contributed by atoms with Gasteiger partial charge in [-0.15, -0.1) is 0 Å². The van der Waals surface area contributed by atoms with Gasteiger partial charge in [-0.05, 0) is 53.9 Å². The molecule has 2 saturated heterocycles. The van der Waals surface area contributed by atoms with Crippen molar-refractivity contribution in [2.75, 3.05) is 26.2 Å². The van der Waals surface area contributed by atoms with E-state index in [0.29, 0.717) is 13.1 Å². The van der Waals surface area contributed by atoms with Gasteiger partial charge in [-0.3, -0.25) is 29.4 Å². The van der Waals surface area contributed by atoms with Crippen molar-refractivity contribution in [3.05, 3.63) is 106 Å². The third-order valence-electron chi connectivity index (χ3n) is 8.22. The van der Waals surface area contributed by atoms with Gasteiger partial charge in [-0.1, -0.05) is 24.3 Å². The molecule has 1 atom stereocenters. The van der Waals surface area contributed by atoms with Crippen LogP contribution in [-0.2, 0) is 16.1 Å². The van der Waals surface area contributed by atoms with E-state index in [-0.39, 0.29) is 66.8 Å². The maximum atomic E-state index is 15.7. The van der Waals surface area contributed by atoms with E-state index < -0.39 is 35.5 Å². The summed E-state index contributed by atoms with van der Waals surface area (Å²) < 4.78 is 43.0. The highest BCUT2D eigenvalue weighted by molar-refractivity contribution is 6.06. The molecule has 3 aliphatic rings. The van der Waals surface area contributed by atoms with Crippen molar-refractivity contribution >= 4 is 23.6 Å². The molecule has 0 aliphatic carbocycles. The highest BCUT2D eigenvalue weighted by Gasteiger charge is 2.41. The van der Waals surface area contributed by atoms with Crippen molar-refractivity contribution in [2.24, 2.45) is 0 Å². The molecule has 3 aromatic rings. The highest BCUT2D eigenvalue weighted by atomic mass is 19.1. The minimum atomic E-state index is -0.885. The molecule has 3 aromatic carbocycles. The first-order chi connectivity index (χ1) is 20.2. The van der Waals surface area contributed by atoms with Crippen LogP contribution >= 0.6 is 0 Å². The molecule has 8 nitrogen and oxygen atoms in total. The number of piperazine rings is 1. The largest absolute Gasteiger partial charge is 0.336 e. The normalized spacial score (nSPS) is 19.3. The van der Waals surface area contributed by atoms with Gasteiger partial charge in [0.25, 0.3) is 11.8 Å². The van der Waals surface area contributed by atoms with Crippen LogP contribution in [0.15, 0.2) is 60.7 Å². The molecule has 6 rings (SSSR count). The lowest BCUT2D eigenvalue weighted by atomic mass is 9.96. The fourth-order valence-corrected chi connectivity index (χ4v) is 6.03. The Labute approximate surface area is 239 Å².